The summed E-state index contributed by atoms with van der Waals surface area (Å²) in [4.78, 5) is 16.3. The molecule has 2 aliphatic heterocycles. The van der Waals surface area contributed by atoms with Gasteiger partial charge in [-0.3, -0.25) is 15.0 Å². The van der Waals surface area contributed by atoms with Crippen molar-refractivity contribution in [3.05, 3.63) is 23.8 Å². The summed E-state index contributed by atoms with van der Waals surface area (Å²) in [6, 6.07) is 4.90. The molecule has 2 fully saturated rings. The van der Waals surface area contributed by atoms with Crippen LogP contribution in [0.5, 0.6) is 11.5 Å². The van der Waals surface area contributed by atoms with Crippen LogP contribution in [0.2, 0.25) is 0 Å². The van der Waals surface area contributed by atoms with Crippen molar-refractivity contribution in [1.29, 1.82) is 0 Å². The molecule has 0 saturated carbocycles. The molecule has 160 valence electrons. The van der Waals surface area contributed by atoms with Gasteiger partial charge in [-0.1, -0.05) is 0 Å². The molecule has 1 unspecified atom stereocenters. The van der Waals surface area contributed by atoms with E-state index >= 15 is 0 Å². The fraction of sp³-hybridized carbons (Fsp3) is 0.611. The normalized spacial score (nSPS) is 21.4. The molecule has 3 rings (SSSR count). The summed E-state index contributed by atoms with van der Waals surface area (Å²) in [5.41, 5.74) is 1.02. The Morgan fingerprint density at radius 3 is 2.39 bits per heavy atom. The number of methoxy groups -OCH3 is 2. The van der Waals surface area contributed by atoms with Gasteiger partial charge in [-0.25, -0.2) is 8.78 Å². The van der Waals surface area contributed by atoms with Gasteiger partial charge >= 0.3 is 0 Å². The molecule has 10 heteroatoms. The molecule has 2 saturated heterocycles. The van der Waals surface area contributed by atoms with E-state index in [1.807, 2.05) is 18.2 Å². The van der Waals surface area contributed by atoms with Crippen molar-refractivity contribution >= 4 is 30.7 Å². The topological polar surface area (TPSA) is 54.0 Å². The molecule has 1 aromatic carbocycles. The lowest BCUT2D eigenvalue weighted by Gasteiger charge is -2.36. The lowest BCUT2D eigenvalue weighted by molar-refractivity contribution is -0.135. The molecule has 28 heavy (non-hydrogen) atoms. The molecule has 1 N–H and O–H groups in total. The van der Waals surface area contributed by atoms with Gasteiger partial charge in [0.25, 0.3) is 5.92 Å². The Kier molecular flexibility index (Phi) is 9.20. The van der Waals surface area contributed by atoms with E-state index in [9.17, 15) is 13.6 Å². The minimum absolute atomic E-state index is 0. The molecule has 0 bridgehead atoms. The SMILES string of the molecule is COc1ccc(OC)c(CN2CCN(C(=O)C3CC(F)(F)CN3)CC2)c1.Cl.Cl. The second kappa shape index (κ2) is 10.4. The predicted octanol–water partition coefficient (Wildman–Crippen LogP) is 2.19. The molecular weight excluding hydrogens is 415 g/mol. The molecule has 2 aliphatic rings. The summed E-state index contributed by atoms with van der Waals surface area (Å²) in [5, 5.41) is 2.64. The zero-order valence-electron chi connectivity index (χ0n) is 16.0. The maximum absolute atomic E-state index is 13.3. The Hall–Kier alpha value is -1.35. The van der Waals surface area contributed by atoms with Crippen molar-refractivity contribution < 1.29 is 23.0 Å². The monoisotopic (exact) mass is 441 g/mol. The second-order valence-corrected chi connectivity index (χ2v) is 6.77. The predicted molar refractivity (Wildman–Crippen MR) is 107 cm³/mol. The summed E-state index contributed by atoms with van der Waals surface area (Å²) in [6.45, 7) is 2.72. The van der Waals surface area contributed by atoms with E-state index < -0.39 is 24.9 Å². The first-order valence-electron chi connectivity index (χ1n) is 8.75. The van der Waals surface area contributed by atoms with Crippen LogP contribution in [-0.4, -0.2) is 74.6 Å². The Balaban J connectivity index is 0.00000196. The number of nitrogens with zero attached hydrogens (tertiary/aromatic N) is 2. The van der Waals surface area contributed by atoms with Gasteiger partial charge in [0.2, 0.25) is 5.91 Å². The third-order valence-corrected chi connectivity index (χ3v) is 4.97. The van der Waals surface area contributed by atoms with Gasteiger partial charge in [0.05, 0.1) is 26.8 Å². The lowest BCUT2D eigenvalue weighted by Crippen LogP contribution is -2.52. The minimum atomic E-state index is -2.79. The largest absolute Gasteiger partial charge is 0.497 e. The number of benzene rings is 1. The van der Waals surface area contributed by atoms with Crippen molar-refractivity contribution in [1.82, 2.24) is 15.1 Å². The number of carbonyl (C=O) groups is 1. The van der Waals surface area contributed by atoms with Crippen LogP contribution in [0, 0.1) is 0 Å². The quantitative estimate of drug-likeness (QED) is 0.758. The zero-order chi connectivity index (χ0) is 18.7. The van der Waals surface area contributed by atoms with Crippen LogP contribution in [0.4, 0.5) is 8.78 Å². The summed E-state index contributed by atoms with van der Waals surface area (Å²) in [7, 11) is 3.25. The van der Waals surface area contributed by atoms with E-state index in [0.29, 0.717) is 32.7 Å². The number of hydrogen-bond donors (Lipinski definition) is 1. The number of alkyl halides is 2. The summed E-state index contributed by atoms with van der Waals surface area (Å²) >= 11 is 0. The van der Waals surface area contributed by atoms with Gasteiger partial charge in [0, 0.05) is 44.7 Å². The highest BCUT2D eigenvalue weighted by Gasteiger charge is 2.43. The van der Waals surface area contributed by atoms with E-state index in [-0.39, 0.29) is 30.7 Å². The molecule has 1 amide bonds. The Morgan fingerprint density at radius 2 is 1.86 bits per heavy atom. The molecule has 2 heterocycles. The number of rotatable bonds is 5. The summed E-state index contributed by atoms with van der Waals surface area (Å²) < 4.78 is 37.3. The highest BCUT2D eigenvalue weighted by Crippen LogP contribution is 2.27. The molecule has 0 spiro atoms. The molecule has 0 aromatic heterocycles. The maximum atomic E-state index is 13.3. The Morgan fingerprint density at radius 1 is 1.18 bits per heavy atom. The first-order valence-corrected chi connectivity index (χ1v) is 8.75. The fourth-order valence-electron chi connectivity index (χ4n) is 3.48. The van der Waals surface area contributed by atoms with E-state index in [1.54, 1.807) is 19.1 Å². The van der Waals surface area contributed by atoms with Crippen molar-refractivity contribution in [3.8, 4) is 11.5 Å². The van der Waals surface area contributed by atoms with Crippen molar-refractivity contribution in [2.45, 2.75) is 24.9 Å². The van der Waals surface area contributed by atoms with Gasteiger partial charge in [-0.2, -0.15) is 0 Å². The number of amides is 1. The third kappa shape index (κ3) is 5.83. The number of ether oxygens (including phenoxy) is 2. The van der Waals surface area contributed by atoms with Gasteiger partial charge in [0.15, 0.2) is 0 Å². The maximum Gasteiger partial charge on any atom is 0.262 e. The van der Waals surface area contributed by atoms with Crippen molar-refractivity contribution in [2.24, 2.45) is 0 Å². The highest BCUT2D eigenvalue weighted by molar-refractivity contribution is 5.85. The number of carbonyl (C=O) groups excluding carboxylic acids is 1. The van der Waals surface area contributed by atoms with Gasteiger partial charge in [0.1, 0.15) is 11.5 Å². The van der Waals surface area contributed by atoms with Crippen LogP contribution >= 0.6 is 24.8 Å². The van der Waals surface area contributed by atoms with E-state index in [0.717, 1.165) is 17.1 Å². The molecule has 6 nitrogen and oxygen atoms in total. The molecular formula is C18H27Cl2F2N3O3. The van der Waals surface area contributed by atoms with Gasteiger partial charge in [-0.05, 0) is 18.2 Å². The number of nitrogens with one attached hydrogen (secondary N) is 1. The van der Waals surface area contributed by atoms with E-state index in [1.165, 1.54) is 0 Å². The number of hydrogen-bond acceptors (Lipinski definition) is 5. The molecule has 1 aromatic rings. The van der Waals surface area contributed by atoms with Crippen molar-refractivity contribution in [2.75, 3.05) is 46.9 Å². The molecule has 0 aliphatic carbocycles. The van der Waals surface area contributed by atoms with Crippen LogP contribution in [0.3, 0.4) is 0 Å². The fourth-order valence-corrected chi connectivity index (χ4v) is 3.48. The zero-order valence-corrected chi connectivity index (χ0v) is 17.6. The van der Waals surface area contributed by atoms with Crippen LogP contribution < -0.4 is 14.8 Å². The van der Waals surface area contributed by atoms with Crippen LogP contribution in [0.25, 0.3) is 0 Å². The average molecular weight is 442 g/mol. The summed E-state index contributed by atoms with van der Waals surface area (Å²) in [6.07, 6.45) is -0.410. The summed E-state index contributed by atoms with van der Waals surface area (Å²) in [5.74, 6) is -1.45. The smallest absolute Gasteiger partial charge is 0.262 e. The molecule has 0 radical (unpaired) electrons. The Bertz CT molecular complexity index is 659. The van der Waals surface area contributed by atoms with E-state index in [2.05, 4.69) is 10.2 Å². The average Bonchev–Trinajstić information content (AvgIpc) is 3.01. The van der Waals surface area contributed by atoms with Crippen LogP contribution in [0.1, 0.15) is 12.0 Å². The van der Waals surface area contributed by atoms with Crippen LogP contribution in [0.15, 0.2) is 18.2 Å². The van der Waals surface area contributed by atoms with Crippen molar-refractivity contribution in [3.63, 3.8) is 0 Å². The van der Waals surface area contributed by atoms with Gasteiger partial charge in [-0.15, -0.1) is 24.8 Å². The number of halogens is 4. The first-order chi connectivity index (χ1) is 12.4. The third-order valence-electron chi connectivity index (χ3n) is 4.97. The standard InChI is InChI=1S/C18H25F2N3O3.2ClH/c1-25-14-3-4-16(26-2)13(9-14)11-22-5-7-23(8-6-22)17(24)15-10-18(19,20)12-21-15;;/h3-4,9,15,21H,5-8,10-12H2,1-2H3;2*1H. The number of piperazine rings is 1. The minimum Gasteiger partial charge on any atom is -0.497 e. The first kappa shape index (κ1) is 24.7. The second-order valence-electron chi connectivity index (χ2n) is 6.77. The van der Waals surface area contributed by atoms with Gasteiger partial charge < -0.3 is 14.4 Å². The lowest BCUT2D eigenvalue weighted by atomic mass is 10.1. The Labute approximate surface area is 176 Å². The molecule has 1 atom stereocenters. The van der Waals surface area contributed by atoms with Crippen LogP contribution in [-0.2, 0) is 11.3 Å². The van der Waals surface area contributed by atoms with E-state index in [4.69, 9.17) is 9.47 Å². The highest BCUT2D eigenvalue weighted by atomic mass is 35.5.